The number of anilines is 1. The summed E-state index contributed by atoms with van der Waals surface area (Å²) in [6.45, 7) is 3.44. The number of benzene rings is 1. The lowest BCUT2D eigenvalue weighted by Gasteiger charge is -2.10. The van der Waals surface area contributed by atoms with E-state index in [1.165, 1.54) is 5.56 Å². The van der Waals surface area contributed by atoms with E-state index in [9.17, 15) is 4.79 Å². The van der Waals surface area contributed by atoms with Gasteiger partial charge in [0.05, 0.1) is 11.3 Å². The van der Waals surface area contributed by atoms with Gasteiger partial charge in [0.15, 0.2) is 0 Å². The minimum absolute atomic E-state index is 0.0767. The first-order chi connectivity index (χ1) is 10.3. The van der Waals surface area contributed by atoms with Gasteiger partial charge in [0.1, 0.15) is 0 Å². The first kappa shape index (κ1) is 15.0. The van der Waals surface area contributed by atoms with Gasteiger partial charge in [-0.3, -0.25) is 9.78 Å². The molecule has 0 bridgehead atoms. The number of hydrogen-bond acceptors (Lipinski definition) is 3. The van der Waals surface area contributed by atoms with Crippen LogP contribution in [0.4, 0.5) is 5.69 Å². The smallest absolute Gasteiger partial charge is 0.254 e. The monoisotopic (exact) mass is 283 g/mol. The molecule has 0 spiro atoms. The molecule has 0 aliphatic rings. The van der Waals surface area contributed by atoms with Crippen LogP contribution in [0.3, 0.4) is 0 Å². The van der Waals surface area contributed by atoms with Crippen LogP contribution < -0.4 is 10.6 Å². The van der Waals surface area contributed by atoms with Crippen molar-refractivity contribution in [2.45, 2.75) is 19.8 Å². The van der Waals surface area contributed by atoms with Crippen molar-refractivity contribution in [3.63, 3.8) is 0 Å². The van der Waals surface area contributed by atoms with E-state index in [1.54, 1.807) is 12.4 Å². The summed E-state index contributed by atoms with van der Waals surface area (Å²) in [6, 6.07) is 12.1. The lowest BCUT2D eigenvalue weighted by molar-refractivity contribution is 0.0953. The number of hydrogen-bond donors (Lipinski definition) is 2. The maximum absolute atomic E-state index is 12.2. The summed E-state index contributed by atoms with van der Waals surface area (Å²) in [5, 5.41) is 6.12. The van der Waals surface area contributed by atoms with Crippen LogP contribution in [0.2, 0.25) is 0 Å². The third-order valence-corrected chi connectivity index (χ3v) is 3.20. The van der Waals surface area contributed by atoms with Gasteiger partial charge in [-0.05, 0) is 31.4 Å². The third kappa shape index (κ3) is 4.60. The normalized spacial score (nSPS) is 10.1. The number of aryl methyl sites for hydroxylation is 1. The Kier molecular flexibility index (Phi) is 5.76. The summed E-state index contributed by atoms with van der Waals surface area (Å²) in [7, 11) is 0. The fraction of sp³-hybridized carbons (Fsp3) is 0.294. The molecular formula is C17H21N3O. The van der Waals surface area contributed by atoms with Gasteiger partial charge in [-0.15, -0.1) is 0 Å². The Balaban J connectivity index is 1.82. The quantitative estimate of drug-likeness (QED) is 0.768. The highest BCUT2D eigenvalue weighted by atomic mass is 16.1. The minimum Gasteiger partial charge on any atom is -0.385 e. The fourth-order valence-corrected chi connectivity index (χ4v) is 2.15. The molecule has 0 fully saturated rings. The van der Waals surface area contributed by atoms with Crippen molar-refractivity contribution in [3.8, 4) is 0 Å². The Morgan fingerprint density at radius 3 is 2.76 bits per heavy atom. The fourth-order valence-electron chi connectivity index (χ4n) is 2.15. The molecule has 110 valence electrons. The molecule has 2 N–H and O–H groups in total. The molecule has 1 amide bonds. The Morgan fingerprint density at radius 1 is 1.19 bits per heavy atom. The average molecular weight is 283 g/mol. The summed E-state index contributed by atoms with van der Waals surface area (Å²) in [6.07, 6.45) is 5.18. The number of amides is 1. The highest BCUT2D eigenvalue weighted by Gasteiger charge is 2.10. The van der Waals surface area contributed by atoms with E-state index in [2.05, 4.69) is 27.8 Å². The maximum Gasteiger partial charge on any atom is 0.254 e. The third-order valence-electron chi connectivity index (χ3n) is 3.20. The average Bonchev–Trinajstić information content (AvgIpc) is 2.53. The summed E-state index contributed by atoms with van der Waals surface area (Å²) in [5.74, 6) is -0.0767. The van der Waals surface area contributed by atoms with Gasteiger partial charge in [-0.1, -0.05) is 30.3 Å². The van der Waals surface area contributed by atoms with E-state index in [0.29, 0.717) is 12.1 Å². The molecule has 0 aliphatic carbocycles. The van der Waals surface area contributed by atoms with E-state index in [0.717, 1.165) is 25.1 Å². The van der Waals surface area contributed by atoms with Crippen LogP contribution in [-0.2, 0) is 6.42 Å². The molecule has 0 radical (unpaired) electrons. The van der Waals surface area contributed by atoms with Gasteiger partial charge in [0.25, 0.3) is 5.91 Å². The molecule has 2 aromatic rings. The van der Waals surface area contributed by atoms with Crippen molar-refractivity contribution in [1.29, 1.82) is 0 Å². The zero-order valence-corrected chi connectivity index (χ0v) is 12.3. The molecule has 21 heavy (non-hydrogen) atoms. The predicted octanol–water partition coefficient (Wildman–Crippen LogP) is 2.88. The summed E-state index contributed by atoms with van der Waals surface area (Å²) < 4.78 is 0. The maximum atomic E-state index is 12.2. The number of rotatable bonds is 7. The molecule has 0 unspecified atom stereocenters. The second-order valence-electron chi connectivity index (χ2n) is 4.80. The van der Waals surface area contributed by atoms with Crippen LogP contribution in [0.1, 0.15) is 29.3 Å². The van der Waals surface area contributed by atoms with Gasteiger partial charge >= 0.3 is 0 Å². The van der Waals surface area contributed by atoms with Crippen LogP contribution >= 0.6 is 0 Å². The zero-order valence-electron chi connectivity index (χ0n) is 12.3. The second kappa shape index (κ2) is 8.04. The molecule has 1 aromatic carbocycles. The molecule has 1 aromatic heterocycles. The van der Waals surface area contributed by atoms with E-state index < -0.39 is 0 Å². The Morgan fingerprint density at radius 2 is 2.00 bits per heavy atom. The van der Waals surface area contributed by atoms with Gasteiger partial charge in [0, 0.05) is 25.5 Å². The van der Waals surface area contributed by atoms with Crippen LogP contribution in [0.25, 0.3) is 0 Å². The van der Waals surface area contributed by atoms with Gasteiger partial charge < -0.3 is 10.6 Å². The zero-order chi connectivity index (χ0) is 14.9. The van der Waals surface area contributed by atoms with Crippen molar-refractivity contribution >= 4 is 11.6 Å². The highest BCUT2D eigenvalue weighted by Crippen LogP contribution is 2.12. The number of carbonyl (C=O) groups is 1. The van der Waals surface area contributed by atoms with Crippen LogP contribution in [0.5, 0.6) is 0 Å². The summed E-state index contributed by atoms with van der Waals surface area (Å²) in [5.41, 5.74) is 2.72. The minimum atomic E-state index is -0.0767. The van der Waals surface area contributed by atoms with Crippen molar-refractivity contribution in [3.05, 3.63) is 59.9 Å². The second-order valence-corrected chi connectivity index (χ2v) is 4.80. The first-order valence-corrected chi connectivity index (χ1v) is 7.31. The molecule has 1 heterocycles. The number of carbonyl (C=O) groups excluding carboxylic acids is 1. The SMILES string of the molecule is CCNc1ccncc1C(=O)NCCCc1ccccc1. The van der Waals surface area contributed by atoms with Crippen molar-refractivity contribution in [1.82, 2.24) is 10.3 Å². The molecule has 0 saturated heterocycles. The van der Waals surface area contributed by atoms with Crippen LogP contribution in [0, 0.1) is 0 Å². The van der Waals surface area contributed by atoms with Crippen molar-refractivity contribution in [2.75, 3.05) is 18.4 Å². The van der Waals surface area contributed by atoms with Gasteiger partial charge in [-0.25, -0.2) is 0 Å². The lowest BCUT2D eigenvalue weighted by Crippen LogP contribution is -2.26. The molecular weight excluding hydrogens is 262 g/mol. The Bertz CT molecular complexity index is 569. The highest BCUT2D eigenvalue weighted by molar-refractivity contribution is 5.99. The van der Waals surface area contributed by atoms with Crippen molar-refractivity contribution < 1.29 is 4.79 Å². The Labute approximate surface area is 125 Å². The largest absolute Gasteiger partial charge is 0.385 e. The Hall–Kier alpha value is -2.36. The number of nitrogens with one attached hydrogen (secondary N) is 2. The van der Waals surface area contributed by atoms with Crippen molar-refractivity contribution in [2.24, 2.45) is 0 Å². The molecule has 4 heteroatoms. The van der Waals surface area contributed by atoms with Crippen LogP contribution in [0.15, 0.2) is 48.8 Å². The molecule has 0 saturated carbocycles. The van der Waals surface area contributed by atoms with E-state index in [1.807, 2.05) is 31.2 Å². The molecule has 0 aliphatic heterocycles. The predicted molar refractivity (Wildman–Crippen MR) is 85.5 cm³/mol. The summed E-state index contributed by atoms with van der Waals surface area (Å²) in [4.78, 5) is 16.2. The number of nitrogens with zero attached hydrogens (tertiary/aromatic N) is 1. The standard InChI is InChI=1S/C17H21N3O/c1-2-19-16-10-12-18-13-15(16)17(21)20-11-6-9-14-7-4-3-5-8-14/h3-5,7-8,10,12-13H,2,6,9,11H2,1H3,(H,18,19)(H,20,21). The molecule has 0 atom stereocenters. The topological polar surface area (TPSA) is 54.0 Å². The van der Waals surface area contributed by atoms with E-state index in [-0.39, 0.29) is 5.91 Å². The lowest BCUT2D eigenvalue weighted by atomic mass is 10.1. The first-order valence-electron chi connectivity index (χ1n) is 7.31. The molecule has 2 rings (SSSR count). The van der Waals surface area contributed by atoms with Gasteiger partial charge in [-0.2, -0.15) is 0 Å². The van der Waals surface area contributed by atoms with E-state index >= 15 is 0 Å². The number of aromatic nitrogens is 1. The number of pyridine rings is 1. The van der Waals surface area contributed by atoms with Gasteiger partial charge in [0.2, 0.25) is 0 Å². The van der Waals surface area contributed by atoms with E-state index in [4.69, 9.17) is 0 Å². The summed E-state index contributed by atoms with van der Waals surface area (Å²) >= 11 is 0. The van der Waals surface area contributed by atoms with Crippen LogP contribution in [-0.4, -0.2) is 24.0 Å². The molecule has 4 nitrogen and oxygen atoms in total.